The van der Waals surface area contributed by atoms with E-state index in [1.165, 1.54) is 6.92 Å². The summed E-state index contributed by atoms with van der Waals surface area (Å²) in [5.74, 6) is 0.0704. The number of benzene rings is 1. The smallest absolute Gasteiger partial charge is 0.220 e. The summed E-state index contributed by atoms with van der Waals surface area (Å²) in [6.45, 7) is 4.18. The van der Waals surface area contributed by atoms with Crippen molar-refractivity contribution >= 4 is 27.7 Å². The fourth-order valence-electron chi connectivity index (χ4n) is 2.00. The molecule has 116 valence electrons. The number of carbonyl (C=O) groups excluding carboxylic acids is 2. The lowest BCUT2D eigenvalue weighted by atomic mass is 10.1. The second-order valence-corrected chi connectivity index (χ2v) is 6.05. The zero-order valence-corrected chi connectivity index (χ0v) is 14.2. The van der Waals surface area contributed by atoms with E-state index in [-0.39, 0.29) is 17.9 Å². The Balaban J connectivity index is 2.18. The maximum absolute atomic E-state index is 11.8. The molecule has 0 bridgehead atoms. The molecule has 1 aromatic carbocycles. The zero-order chi connectivity index (χ0) is 15.7. The predicted molar refractivity (Wildman–Crippen MR) is 87.9 cm³/mol. The van der Waals surface area contributed by atoms with Gasteiger partial charge in [-0.25, -0.2) is 0 Å². The first-order valence-corrected chi connectivity index (χ1v) is 8.07. The molecule has 2 amide bonds. The molecular formula is C16H23BrN2O2. The van der Waals surface area contributed by atoms with Gasteiger partial charge in [0.2, 0.25) is 11.8 Å². The highest BCUT2D eigenvalue weighted by Gasteiger charge is 2.09. The third kappa shape index (κ3) is 7.85. The van der Waals surface area contributed by atoms with Crippen LogP contribution in [0, 0.1) is 0 Å². The molecule has 5 heteroatoms. The maximum Gasteiger partial charge on any atom is 0.220 e. The van der Waals surface area contributed by atoms with Crippen molar-refractivity contribution in [3.05, 3.63) is 34.3 Å². The molecule has 0 aliphatic carbocycles. The van der Waals surface area contributed by atoms with Crippen molar-refractivity contribution in [1.82, 2.24) is 10.6 Å². The average molecular weight is 355 g/mol. The van der Waals surface area contributed by atoms with Gasteiger partial charge in [-0.3, -0.25) is 9.59 Å². The number of unbranched alkanes of at least 4 members (excludes halogenated alkanes) is 2. The van der Waals surface area contributed by atoms with Gasteiger partial charge in [-0.15, -0.1) is 0 Å². The van der Waals surface area contributed by atoms with Crippen LogP contribution in [-0.4, -0.2) is 18.4 Å². The Labute approximate surface area is 134 Å². The second kappa shape index (κ2) is 9.55. The SMILES string of the molecule is CC(=O)NCCCCCC(=O)NC(C)c1ccc(Br)cc1. The maximum atomic E-state index is 11.8. The van der Waals surface area contributed by atoms with E-state index in [2.05, 4.69) is 26.6 Å². The van der Waals surface area contributed by atoms with E-state index in [0.717, 1.165) is 29.3 Å². The molecule has 0 aliphatic rings. The van der Waals surface area contributed by atoms with Crippen LogP contribution in [0.2, 0.25) is 0 Å². The van der Waals surface area contributed by atoms with Gasteiger partial charge in [-0.1, -0.05) is 34.5 Å². The summed E-state index contributed by atoms with van der Waals surface area (Å²) >= 11 is 3.40. The lowest BCUT2D eigenvalue weighted by Gasteiger charge is -2.14. The molecule has 4 nitrogen and oxygen atoms in total. The minimum absolute atomic E-state index is 0.00364. The Morgan fingerprint density at radius 2 is 1.81 bits per heavy atom. The first kappa shape index (κ1) is 17.7. The van der Waals surface area contributed by atoms with Gasteiger partial charge in [0.15, 0.2) is 0 Å². The quantitative estimate of drug-likeness (QED) is 0.703. The van der Waals surface area contributed by atoms with Gasteiger partial charge in [-0.2, -0.15) is 0 Å². The number of amides is 2. The third-order valence-corrected chi connectivity index (χ3v) is 3.73. The molecule has 1 atom stereocenters. The number of hydrogen-bond donors (Lipinski definition) is 2. The molecule has 0 aliphatic heterocycles. The number of rotatable bonds is 8. The number of halogens is 1. The van der Waals surface area contributed by atoms with Gasteiger partial charge in [0, 0.05) is 24.4 Å². The fraction of sp³-hybridized carbons (Fsp3) is 0.500. The Bertz CT molecular complexity index is 460. The molecule has 0 fully saturated rings. The standard InChI is InChI=1S/C16H23BrN2O2/c1-12(14-7-9-15(17)10-8-14)19-16(21)6-4-3-5-11-18-13(2)20/h7-10,12H,3-6,11H2,1-2H3,(H,18,20)(H,19,21). The highest BCUT2D eigenvalue weighted by molar-refractivity contribution is 9.10. The van der Waals surface area contributed by atoms with Gasteiger partial charge in [0.05, 0.1) is 6.04 Å². The van der Waals surface area contributed by atoms with Crippen molar-refractivity contribution < 1.29 is 9.59 Å². The Morgan fingerprint density at radius 1 is 1.14 bits per heavy atom. The zero-order valence-electron chi connectivity index (χ0n) is 12.6. The second-order valence-electron chi connectivity index (χ2n) is 5.13. The van der Waals surface area contributed by atoms with E-state index in [1.54, 1.807) is 0 Å². The normalized spacial score (nSPS) is 11.8. The van der Waals surface area contributed by atoms with Crippen molar-refractivity contribution in [2.75, 3.05) is 6.54 Å². The van der Waals surface area contributed by atoms with Crippen LogP contribution in [0.4, 0.5) is 0 Å². The average Bonchev–Trinajstić information content (AvgIpc) is 2.43. The van der Waals surface area contributed by atoms with E-state index in [4.69, 9.17) is 0 Å². The first-order chi connectivity index (χ1) is 9.99. The Hall–Kier alpha value is -1.36. The molecule has 0 aromatic heterocycles. The summed E-state index contributed by atoms with van der Waals surface area (Å²) in [5, 5.41) is 5.75. The summed E-state index contributed by atoms with van der Waals surface area (Å²) < 4.78 is 1.03. The van der Waals surface area contributed by atoms with Crippen molar-refractivity contribution in [1.29, 1.82) is 0 Å². The molecule has 0 saturated heterocycles. The number of carbonyl (C=O) groups is 2. The van der Waals surface area contributed by atoms with Crippen LogP contribution in [-0.2, 0) is 9.59 Å². The number of nitrogens with one attached hydrogen (secondary N) is 2. The lowest BCUT2D eigenvalue weighted by molar-refractivity contribution is -0.122. The van der Waals surface area contributed by atoms with E-state index >= 15 is 0 Å². The summed E-state index contributed by atoms with van der Waals surface area (Å²) in [6, 6.07) is 7.97. The summed E-state index contributed by atoms with van der Waals surface area (Å²) in [5.41, 5.74) is 1.09. The highest BCUT2D eigenvalue weighted by Crippen LogP contribution is 2.16. The van der Waals surface area contributed by atoms with E-state index in [0.29, 0.717) is 13.0 Å². The van der Waals surface area contributed by atoms with Gasteiger partial charge in [0.1, 0.15) is 0 Å². The van der Waals surface area contributed by atoms with Crippen LogP contribution in [0.15, 0.2) is 28.7 Å². The summed E-state index contributed by atoms with van der Waals surface area (Å²) in [6.07, 6.45) is 3.23. The molecule has 1 aromatic rings. The van der Waals surface area contributed by atoms with E-state index in [9.17, 15) is 9.59 Å². The minimum Gasteiger partial charge on any atom is -0.356 e. The minimum atomic E-state index is -0.00364. The van der Waals surface area contributed by atoms with Crippen molar-refractivity contribution in [3.8, 4) is 0 Å². The van der Waals surface area contributed by atoms with Crippen LogP contribution in [0.1, 0.15) is 51.1 Å². The van der Waals surface area contributed by atoms with Crippen molar-refractivity contribution in [2.45, 2.75) is 45.6 Å². The van der Waals surface area contributed by atoms with Crippen LogP contribution in [0.5, 0.6) is 0 Å². The van der Waals surface area contributed by atoms with Crippen molar-refractivity contribution in [2.24, 2.45) is 0 Å². The third-order valence-electron chi connectivity index (χ3n) is 3.20. The monoisotopic (exact) mass is 354 g/mol. The fourth-order valence-corrected chi connectivity index (χ4v) is 2.26. The highest BCUT2D eigenvalue weighted by atomic mass is 79.9. The van der Waals surface area contributed by atoms with Gasteiger partial charge >= 0.3 is 0 Å². The Kier molecular flexibility index (Phi) is 8.05. The van der Waals surface area contributed by atoms with Crippen LogP contribution < -0.4 is 10.6 Å². The molecule has 1 unspecified atom stereocenters. The number of hydrogen-bond acceptors (Lipinski definition) is 2. The summed E-state index contributed by atoms with van der Waals surface area (Å²) in [4.78, 5) is 22.5. The van der Waals surface area contributed by atoms with Gasteiger partial charge in [0.25, 0.3) is 0 Å². The molecule has 0 spiro atoms. The molecule has 1 rings (SSSR count). The van der Waals surface area contributed by atoms with E-state index in [1.807, 2.05) is 31.2 Å². The van der Waals surface area contributed by atoms with Crippen LogP contribution in [0.3, 0.4) is 0 Å². The van der Waals surface area contributed by atoms with Gasteiger partial charge in [-0.05, 0) is 37.5 Å². The van der Waals surface area contributed by atoms with Gasteiger partial charge < -0.3 is 10.6 Å². The lowest BCUT2D eigenvalue weighted by Crippen LogP contribution is -2.26. The first-order valence-electron chi connectivity index (χ1n) is 7.28. The molecular weight excluding hydrogens is 332 g/mol. The largest absolute Gasteiger partial charge is 0.356 e. The Morgan fingerprint density at radius 3 is 2.43 bits per heavy atom. The van der Waals surface area contributed by atoms with Crippen molar-refractivity contribution in [3.63, 3.8) is 0 Å². The topological polar surface area (TPSA) is 58.2 Å². The predicted octanol–water partition coefficient (Wildman–Crippen LogP) is 3.32. The molecule has 0 heterocycles. The van der Waals surface area contributed by atoms with Crippen LogP contribution in [0.25, 0.3) is 0 Å². The molecule has 0 radical (unpaired) electrons. The summed E-state index contributed by atoms with van der Waals surface area (Å²) in [7, 11) is 0. The van der Waals surface area contributed by atoms with E-state index < -0.39 is 0 Å². The van der Waals surface area contributed by atoms with Crippen LogP contribution >= 0.6 is 15.9 Å². The molecule has 2 N–H and O–H groups in total. The molecule has 21 heavy (non-hydrogen) atoms. The molecule has 0 saturated carbocycles.